The number of amides is 1. The van der Waals surface area contributed by atoms with Crippen molar-refractivity contribution in [3.05, 3.63) is 0 Å². The fourth-order valence-corrected chi connectivity index (χ4v) is 2.50. The minimum absolute atomic E-state index is 0.198. The largest absolute Gasteiger partial charge is 0.481 e. The molecule has 2 aliphatic heterocycles. The van der Waals surface area contributed by atoms with E-state index in [-0.39, 0.29) is 24.3 Å². The standard InChI is InChI=1S/C9H13NO3/c11-8-2-1-7-6(5-9(12)13)3-4-10(7)8/h6-7H,1-5H2,(H,12,13)/t6-,7+/m1/s1. The summed E-state index contributed by atoms with van der Waals surface area (Å²) in [6.07, 6.45) is 2.55. The molecule has 0 aromatic carbocycles. The molecule has 2 aliphatic rings. The lowest BCUT2D eigenvalue weighted by molar-refractivity contribution is -0.138. The number of nitrogens with zero attached hydrogens (tertiary/aromatic N) is 1. The monoisotopic (exact) mass is 183 g/mol. The Kier molecular flexibility index (Phi) is 1.98. The lowest BCUT2D eigenvalue weighted by Gasteiger charge is -2.18. The van der Waals surface area contributed by atoms with Crippen molar-refractivity contribution in [2.45, 2.75) is 31.7 Å². The van der Waals surface area contributed by atoms with Gasteiger partial charge in [0.05, 0.1) is 6.42 Å². The van der Waals surface area contributed by atoms with Gasteiger partial charge in [0.25, 0.3) is 0 Å². The first-order chi connectivity index (χ1) is 6.18. The van der Waals surface area contributed by atoms with Gasteiger partial charge in [-0.25, -0.2) is 0 Å². The topological polar surface area (TPSA) is 57.6 Å². The molecule has 0 bridgehead atoms. The van der Waals surface area contributed by atoms with E-state index in [2.05, 4.69) is 0 Å². The number of hydrogen-bond donors (Lipinski definition) is 1. The number of carboxylic acid groups (broad SMARTS) is 1. The smallest absolute Gasteiger partial charge is 0.303 e. The number of aliphatic carboxylic acids is 1. The van der Waals surface area contributed by atoms with Crippen LogP contribution in [0.15, 0.2) is 0 Å². The van der Waals surface area contributed by atoms with Crippen molar-refractivity contribution in [3.8, 4) is 0 Å². The zero-order valence-electron chi connectivity index (χ0n) is 7.40. The van der Waals surface area contributed by atoms with Crippen molar-refractivity contribution in [2.75, 3.05) is 6.54 Å². The summed E-state index contributed by atoms with van der Waals surface area (Å²) in [4.78, 5) is 23.6. The van der Waals surface area contributed by atoms with Gasteiger partial charge in [0.15, 0.2) is 0 Å². The van der Waals surface area contributed by atoms with Crippen molar-refractivity contribution in [1.29, 1.82) is 0 Å². The SMILES string of the molecule is O=C(O)C[C@H]1CCN2C(=O)CC[C@@H]12. The van der Waals surface area contributed by atoms with Gasteiger partial charge in [-0.2, -0.15) is 0 Å². The van der Waals surface area contributed by atoms with Crippen molar-refractivity contribution < 1.29 is 14.7 Å². The van der Waals surface area contributed by atoms with Crippen molar-refractivity contribution in [2.24, 2.45) is 5.92 Å². The van der Waals surface area contributed by atoms with E-state index in [0.717, 1.165) is 19.4 Å². The van der Waals surface area contributed by atoms with Gasteiger partial charge < -0.3 is 10.0 Å². The number of hydrogen-bond acceptors (Lipinski definition) is 2. The zero-order chi connectivity index (χ0) is 9.42. The molecule has 1 amide bonds. The summed E-state index contributed by atoms with van der Waals surface area (Å²) in [5.74, 6) is -0.340. The first-order valence-corrected chi connectivity index (χ1v) is 4.70. The first kappa shape index (κ1) is 8.53. The summed E-state index contributed by atoms with van der Waals surface area (Å²) in [7, 11) is 0. The summed E-state index contributed by atoms with van der Waals surface area (Å²) in [6, 6.07) is 0.226. The molecule has 0 radical (unpaired) electrons. The molecule has 2 saturated heterocycles. The van der Waals surface area contributed by atoms with Gasteiger partial charge in [0, 0.05) is 19.0 Å². The van der Waals surface area contributed by atoms with Crippen molar-refractivity contribution in [1.82, 2.24) is 4.90 Å². The quantitative estimate of drug-likeness (QED) is 0.677. The number of fused-ring (bicyclic) bond motifs is 1. The number of rotatable bonds is 2. The fourth-order valence-electron chi connectivity index (χ4n) is 2.50. The lowest BCUT2D eigenvalue weighted by atomic mass is 9.95. The molecule has 0 aromatic heterocycles. The molecule has 2 fully saturated rings. The summed E-state index contributed by atoms with van der Waals surface area (Å²) >= 11 is 0. The molecular formula is C9H13NO3. The Hall–Kier alpha value is -1.06. The van der Waals surface area contributed by atoms with Crippen LogP contribution in [0.3, 0.4) is 0 Å². The normalized spacial score (nSPS) is 32.3. The van der Waals surface area contributed by atoms with E-state index in [9.17, 15) is 9.59 Å². The second kappa shape index (κ2) is 3.01. The van der Waals surface area contributed by atoms with Crippen LogP contribution in [0.2, 0.25) is 0 Å². The van der Waals surface area contributed by atoms with Gasteiger partial charge in [-0.05, 0) is 18.8 Å². The van der Waals surface area contributed by atoms with Crippen LogP contribution in [0.5, 0.6) is 0 Å². The maximum absolute atomic E-state index is 11.3. The van der Waals surface area contributed by atoms with Gasteiger partial charge in [0.2, 0.25) is 5.91 Å². The number of carbonyl (C=O) groups is 2. The highest BCUT2D eigenvalue weighted by atomic mass is 16.4. The third kappa shape index (κ3) is 1.41. The van der Waals surface area contributed by atoms with Crippen molar-refractivity contribution in [3.63, 3.8) is 0 Å². The predicted molar refractivity (Wildman–Crippen MR) is 45.1 cm³/mol. The third-order valence-electron chi connectivity index (χ3n) is 3.10. The summed E-state index contributed by atoms with van der Waals surface area (Å²) < 4.78 is 0. The molecule has 13 heavy (non-hydrogen) atoms. The lowest BCUT2D eigenvalue weighted by Crippen LogP contribution is -2.30. The molecule has 0 spiro atoms. The molecule has 2 rings (SSSR count). The molecule has 1 N–H and O–H groups in total. The molecule has 0 unspecified atom stereocenters. The van der Waals surface area contributed by atoms with E-state index >= 15 is 0 Å². The van der Waals surface area contributed by atoms with Crippen LogP contribution in [0.1, 0.15) is 25.7 Å². The summed E-state index contributed by atoms with van der Waals surface area (Å²) in [5.41, 5.74) is 0. The maximum atomic E-state index is 11.3. The minimum Gasteiger partial charge on any atom is -0.481 e. The van der Waals surface area contributed by atoms with Gasteiger partial charge in [-0.1, -0.05) is 0 Å². The Bertz CT molecular complexity index is 251. The Labute approximate surface area is 76.5 Å². The molecule has 72 valence electrons. The van der Waals surface area contributed by atoms with Gasteiger partial charge in [-0.3, -0.25) is 9.59 Å². The molecule has 4 heteroatoms. The maximum Gasteiger partial charge on any atom is 0.303 e. The average molecular weight is 183 g/mol. The Morgan fingerprint density at radius 1 is 1.54 bits per heavy atom. The highest BCUT2D eigenvalue weighted by Crippen LogP contribution is 2.35. The van der Waals surface area contributed by atoms with Gasteiger partial charge in [-0.15, -0.1) is 0 Å². The minimum atomic E-state index is -0.744. The summed E-state index contributed by atoms with van der Waals surface area (Å²) in [6.45, 7) is 0.765. The molecule has 0 aromatic rings. The number of carboxylic acids is 1. The molecule has 2 atom stereocenters. The molecular weight excluding hydrogens is 170 g/mol. The first-order valence-electron chi connectivity index (χ1n) is 4.70. The van der Waals surface area contributed by atoms with Crippen LogP contribution in [-0.2, 0) is 9.59 Å². The van der Waals surface area contributed by atoms with Crippen LogP contribution in [0.25, 0.3) is 0 Å². The summed E-state index contributed by atoms with van der Waals surface area (Å²) in [5, 5.41) is 8.66. The Morgan fingerprint density at radius 3 is 3.00 bits per heavy atom. The third-order valence-corrected chi connectivity index (χ3v) is 3.10. The van der Waals surface area contributed by atoms with E-state index in [0.29, 0.717) is 6.42 Å². The highest BCUT2D eigenvalue weighted by Gasteiger charge is 2.41. The fraction of sp³-hybridized carbons (Fsp3) is 0.778. The van der Waals surface area contributed by atoms with Crippen LogP contribution in [0, 0.1) is 5.92 Å². The zero-order valence-corrected chi connectivity index (χ0v) is 7.40. The second-order valence-electron chi connectivity index (χ2n) is 3.84. The molecule has 0 saturated carbocycles. The molecule has 4 nitrogen and oxygen atoms in total. The average Bonchev–Trinajstić information content (AvgIpc) is 2.56. The van der Waals surface area contributed by atoms with Crippen LogP contribution >= 0.6 is 0 Å². The van der Waals surface area contributed by atoms with Crippen LogP contribution in [-0.4, -0.2) is 34.5 Å². The van der Waals surface area contributed by atoms with E-state index < -0.39 is 5.97 Å². The van der Waals surface area contributed by atoms with E-state index in [1.807, 2.05) is 4.90 Å². The number of carbonyl (C=O) groups excluding carboxylic acids is 1. The van der Waals surface area contributed by atoms with Gasteiger partial charge >= 0.3 is 5.97 Å². The van der Waals surface area contributed by atoms with Gasteiger partial charge in [0.1, 0.15) is 0 Å². The van der Waals surface area contributed by atoms with E-state index in [1.165, 1.54) is 0 Å². The Balaban J connectivity index is 2.02. The van der Waals surface area contributed by atoms with Crippen LogP contribution < -0.4 is 0 Å². The van der Waals surface area contributed by atoms with Crippen LogP contribution in [0.4, 0.5) is 0 Å². The molecule has 0 aliphatic carbocycles. The van der Waals surface area contributed by atoms with E-state index in [1.54, 1.807) is 0 Å². The second-order valence-corrected chi connectivity index (χ2v) is 3.84. The van der Waals surface area contributed by atoms with E-state index in [4.69, 9.17) is 5.11 Å². The Morgan fingerprint density at radius 2 is 2.31 bits per heavy atom. The highest BCUT2D eigenvalue weighted by molar-refractivity contribution is 5.79. The predicted octanol–water partition coefficient (Wildman–Crippen LogP) is 0.472. The molecule has 2 heterocycles. The van der Waals surface area contributed by atoms with Crippen molar-refractivity contribution >= 4 is 11.9 Å².